The van der Waals surface area contributed by atoms with Crippen LogP contribution in [0.2, 0.25) is 0 Å². The molecule has 0 amide bonds. The van der Waals surface area contributed by atoms with Crippen molar-refractivity contribution in [2.45, 2.75) is 31.1 Å². The molecule has 0 spiro atoms. The first-order valence-corrected chi connectivity index (χ1v) is 15.1. The van der Waals surface area contributed by atoms with Gasteiger partial charge in [-0.3, -0.25) is 0 Å². The van der Waals surface area contributed by atoms with Gasteiger partial charge in [-0.15, -0.1) is 0 Å². The second-order valence-electron chi connectivity index (χ2n) is 12.5. The Hall–Kier alpha value is -4.82. The predicted molar refractivity (Wildman–Crippen MR) is 176 cm³/mol. The number of allylic oxidation sites excluding steroid dienone is 4. The van der Waals surface area contributed by atoms with Gasteiger partial charge in [0, 0.05) is 54.4 Å². The van der Waals surface area contributed by atoms with Gasteiger partial charge in [0.25, 0.3) is 0 Å². The molecule has 0 saturated carbocycles. The third-order valence-electron chi connectivity index (χ3n) is 10.5. The Morgan fingerprint density at radius 2 is 1.17 bits per heavy atom. The third kappa shape index (κ3) is 2.89. The smallest absolute Gasteiger partial charge is 0.0468 e. The SMILES string of the molecule is CC1(c2ccccc2)c2ccc3[nH]c4ccccc4c3c2C(C)(C2C=CC=CC2)c2ccc3[nH]c4ccccc4c3c21. The van der Waals surface area contributed by atoms with E-state index in [0.29, 0.717) is 5.92 Å². The Morgan fingerprint density at radius 1 is 0.571 bits per heavy atom. The predicted octanol–water partition coefficient (Wildman–Crippen LogP) is 10.1. The third-order valence-corrected chi connectivity index (χ3v) is 10.5. The molecular formula is C40H32N2. The molecule has 3 unspecified atom stereocenters. The Labute approximate surface area is 245 Å². The summed E-state index contributed by atoms with van der Waals surface area (Å²) >= 11 is 0. The van der Waals surface area contributed by atoms with E-state index < -0.39 is 0 Å². The molecule has 2 aromatic heterocycles. The minimum Gasteiger partial charge on any atom is -0.355 e. The summed E-state index contributed by atoms with van der Waals surface area (Å²) in [6.45, 7) is 4.99. The van der Waals surface area contributed by atoms with Gasteiger partial charge in [0.2, 0.25) is 0 Å². The van der Waals surface area contributed by atoms with Crippen LogP contribution in [0.1, 0.15) is 48.1 Å². The van der Waals surface area contributed by atoms with Crippen LogP contribution in [0, 0.1) is 5.92 Å². The van der Waals surface area contributed by atoms with E-state index in [2.05, 4.69) is 151 Å². The number of hydrogen-bond donors (Lipinski definition) is 2. The molecule has 9 rings (SSSR count). The van der Waals surface area contributed by atoms with Crippen molar-refractivity contribution in [2.75, 3.05) is 0 Å². The topological polar surface area (TPSA) is 31.6 Å². The number of fused-ring (bicyclic) bond motifs is 10. The maximum atomic E-state index is 3.77. The van der Waals surface area contributed by atoms with Crippen LogP contribution in [0.3, 0.4) is 0 Å². The van der Waals surface area contributed by atoms with Crippen LogP contribution in [0.15, 0.2) is 127 Å². The van der Waals surface area contributed by atoms with Gasteiger partial charge in [0.15, 0.2) is 0 Å². The molecule has 3 atom stereocenters. The summed E-state index contributed by atoms with van der Waals surface area (Å²) in [6, 6.07) is 38.3. The van der Waals surface area contributed by atoms with Gasteiger partial charge in [-0.25, -0.2) is 0 Å². The number of aromatic nitrogens is 2. The van der Waals surface area contributed by atoms with E-state index in [9.17, 15) is 0 Å². The van der Waals surface area contributed by atoms with Gasteiger partial charge in [-0.2, -0.15) is 0 Å². The Bertz CT molecular complexity index is 2260. The highest BCUT2D eigenvalue weighted by Crippen LogP contribution is 2.60. The second-order valence-corrected chi connectivity index (χ2v) is 12.5. The number of H-pyrrole nitrogens is 2. The normalized spacial score (nSPS) is 23.1. The summed E-state index contributed by atoms with van der Waals surface area (Å²) in [7, 11) is 0. The van der Waals surface area contributed by atoms with Crippen LogP contribution in [0.4, 0.5) is 0 Å². The summed E-state index contributed by atoms with van der Waals surface area (Å²) in [6.07, 6.45) is 10.3. The molecule has 202 valence electrons. The highest BCUT2D eigenvalue weighted by Gasteiger charge is 2.51. The quantitative estimate of drug-likeness (QED) is 0.219. The van der Waals surface area contributed by atoms with E-state index >= 15 is 0 Å². The summed E-state index contributed by atoms with van der Waals surface area (Å²) < 4.78 is 0. The monoisotopic (exact) mass is 540 g/mol. The fourth-order valence-corrected chi connectivity index (χ4v) is 8.53. The molecule has 2 N–H and O–H groups in total. The van der Waals surface area contributed by atoms with Crippen molar-refractivity contribution >= 4 is 43.6 Å². The molecule has 2 aliphatic rings. The molecule has 0 fully saturated rings. The molecule has 2 aliphatic carbocycles. The zero-order chi connectivity index (χ0) is 28.1. The maximum absolute atomic E-state index is 3.77. The maximum Gasteiger partial charge on any atom is 0.0468 e. The van der Waals surface area contributed by atoms with Crippen molar-refractivity contribution in [3.05, 3.63) is 155 Å². The summed E-state index contributed by atoms with van der Waals surface area (Å²) in [4.78, 5) is 7.54. The van der Waals surface area contributed by atoms with E-state index in [1.54, 1.807) is 0 Å². The standard InChI is InChI=1S/C40H32N2/c1-39(25-13-5-3-6-14-25)29-21-23-34-36(28-18-10-12-20-32(28)42-34)38(29)40(2,26-15-7-4-8-16-26)30-22-24-33-35(37(30)39)27-17-9-11-19-31(27)41-33/h3-15,17-24,26,41-42H,16H2,1-2H3. The van der Waals surface area contributed by atoms with Crippen molar-refractivity contribution < 1.29 is 0 Å². The Balaban J connectivity index is 1.54. The van der Waals surface area contributed by atoms with Crippen molar-refractivity contribution in [3.8, 4) is 0 Å². The Kier molecular flexibility index (Phi) is 4.75. The largest absolute Gasteiger partial charge is 0.355 e. The van der Waals surface area contributed by atoms with Gasteiger partial charge in [0.05, 0.1) is 0 Å². The van der Waals surface area contributed by atoms with E-state index in [1.807, 2.05) is 0 Å². The zero-order valence-electron chi connectivity index (χ0n) is 23.9. The van der Waals surface area contributed by atoms with Gasteiger partial charge in [0.1, 0.15) is 0 Å². The molecular weight excluding hydrogens is 508 g/mol. The number of para-hydroxylation sites is 2. The first-order valence-electron chi connectivity index (χ1n) is 15.1. The van der Waals surface area contributed by atoms with Crippen molar-refractivity contribution in [1.82, 2.24) is 9.97 Å². The summed E-state index contributed by atoms with van der Waals surface area (Å²) in [5.41, 5.74) is 11.2. The van der Waals surface area contributed by atoms with Crippen LogP contribution in [0.5, 0.6) is 0 Å². The molecule has 2 heterocycles. The molecule has 2 nitrogen and oxygen atoms in total. The van der Waals surface area contributed by atoms with Crippen LogP contribution in [0.25, 0.3) is 43.6 Å². The molecule has 7 aromatic rings. The lowest BCUT2D eigenvalue weighted by Crippen LogP contribution is -2.44. The molecule has 5 aromatic carbocycles. The average Bonchev–Trinajstić information content (AvgIpc) is 3.62. The van der Waals surface area contributed by atoms with Crippen LogP contribution < -0.4 is 0 Å². The highest BCUT2D eigenvalue weighted by molar-refractivity contribution is 6.13. The molecule has 42 heavy (non-hydrogen) atoms. The fraction of sp³-hybridized carbons (Fsp3) is 0.150. The minimum atomic E-state index is -0.364. The first-order chi connectivity index (χ1) is 20.6. The first kappa shape index (κ1) is 23.8. The van der Waals surface area contributed by atoms with Crippen LogP contribution in [-0.4, -0.2) is 9.97 Å². The minimum absolute atomic E-state index is 0.253. The van der Waals surface area contributed by atoms with Gasteiger partial charge in [-0.1, -0.05) is 110 Å². The van der Waals surface area contributed by atoms with E-state index in [1.165, 1.54) is 71.4 Å². The van der Waals surface area contributed by atoms with Crippen molar-refractivity contribution in [2.24, 2.45) is 5.92 Å². The summed E-state index contributed by atoms with van der Waals surface area (Å²) in [5.74, 6) is 0.322. The highest BCUT2D eigenvalue weighted by atomic mass is 14.7. The van der Waals surface area contributed by atoms with Gasteiger partial charge >= 0.3 is 0 Å². The molecule has 2 heteroatoms. The van der Waals surface area contributed by atoms with E-state index in [4.69, 9.17) is 0 Å². The number of benzene rings is 5. The fourth-order valence-electron chi connectivity index (χ4n) is 8.53. The lowest BCUT2D eigenvalue weighted by atomic mass is 9.52. The summed E-state index contributed by atoms with van der Waals surface area (Å²) in [5, 5.41) is 5.31. The molecule has 0 saturated heterocycles. The van der Waals surface area contributed by atoms with Crippen molar-refractivity contribution in [1.29, 1.82) is 0 Å². The van der Waals surface area contributed by atoms with E-state index in [0.717, 1.165) is 6.42 Å². The Morgan fingerprint density at radius 3 is 1.81 bits per heavy atom. The number of aromatic amines is 2. The molecule has 0 radical (unpaired) electrons. The van der Waals surface area contributed by atoms with Gasteiger partial charge < -0.3 is 9.97 Å². The zero-order valence-corrected chi connectivity index (χ0v) is 23.9. The van der Waals surface area contributed by atoms with E-state index in [-0.39, 0.29) is 10.8 Å². The van der Waals surface area contributed by atoms with Crippen LogP contribution >= 0.6 is 0 Å². The van der Waals surface area contributed by atoms with Crippen molar-refractivity contribution in [3.63, 3.8) is 0 Å². The second kappa shape index (κ2) is 8.36. The van der Waals surface area contributed by atoms with Gasteiger partial charge in [-0.05, 0) is 71.3 Å². The van der Waals surface area contributed by atoms with Crippen LogP contribution in [-0.2, 0) is 10.8 Å². The number of nitrogens with one attached hydrogen (secondary N) is 2. The molecule has 0 bridgehead atoms. The number of hydrogen-bond acceptors (Lipinski definition) is 0. The lowest BCUT2D eigenvalue weighted by Gasteiger charge is -2.50. The average molecular weight is 541 g/mol. The number of rotatable bonds is 2. The lowest BCUT2D eigenvalue weighted by molar-refractivity contribution is 0.393. The molecule has 0 aliphatic heterocycles.